The van der Waals surface area contributed by atoms with Crippen LogP contribution in [0.3, 0.4) is 0 Å². The molecule has 0 aliphatic rings. The summed E-state index contributed by atoms with van der Waals surface area (Å²) in [7, 11) is 1.54. The van der Waals surface area contributed by atoms with Crippen molar-refractivity contribution < 1.29 is 27.9 Å². The smallest absolute Gasteiger partial charge is 0.338 e. The molecule has 0 bridgehead atoms. The van der Waals surface area contributed by atoms with Crippen LogP contribution in [0.1, 0.15) is 17.3 Å². The minimum absolute atomic E-state index is 0.231. The summed E-state index contributed by atoms with van der Waals surface area (Å²) in [6.45, 7) is 1.50. The number of furan rings is 2. The molecular weight excluding hydrogens is 462 g/mol. The summed E-state index contributed by atoms with van der Waals surface area (Å²) < 4.78 is 21.6. The van der Waals surface area contributed by atoms with Crippen LogP contribution in [0.25, 0.3) is 33.9 Å². The van der Waals surface area contributed by atoms with Crippen LogP contribution in [0.4, 0.5) is 5.69 Å². The predicted molar refractivity (Wildman–Crippen MR) is 131 cm³/mol. The molecule has 1 atom stereocenters. The molecule has 0 aliphatic heterocycles. The van der Waals surface area contributed by atoms with Crippen LogP contribution in [-0.4, -0.2) is 35.1 Å². The number of amides is 1. The highest BCUT2D eigenvalue weighted by molar-refractivity contribution is 5.99. The Bertz CT molecular complexity index is 1530. The first-order chi connectivity index (χ1) is 17.5. The fourth-order valence-corrected chi connectivity index (χ4v) is 3.58. The molecule has 2 aromatic carbocycles. The summed E-state index contributed by atoms with van der Waals surface area (Å²) >= 11 is 0. The Morgan fingerprint density at radius 3 is 2.19 bits per heavy atom. The van der Waals surface area contributed by atoms with Gasteiger partial charge in [-0.1, -0.05) is 6.07 Å². The largest absolute Gasteiger partial charge is 0.497 e. The number of hydrogen-bond donors (Lipinski definition) is 1. The van der Waals surface area contributed by atoms with E-state index >= 15 is 0 Å². The van der Waals surface area contributed by atoms with Crippen molar-refractivity contribution in [3.63, 3.8) is 0 Å². The third-order valence-electron chi connectivity index (χ3n) is 5.40. The molecule has 9 nitrogen and oxygen atoms in total. The van der Waals surface area contributed by atoms with E-state index in [9.17, 15) is 9.59 Å². The third kappa shape index (κ3) is 4.67. The highest BCUT2D eigenvalue weighted by Crippen LogP contribution is 2.31. The van der Waals surface area contributed by atoms with Crippen LogP contribution in [-0.2, 0) is 9.53 Å². The van der Waals surface area contributed by atoms with Crippen LogP contribution < -0.4 is 10.1 Å². The number of aromatic nitrogens is 2. The van der Waals surface area contributed by atoms with E-state index in [1.54, 1.807) is 79.3 Å². The number of esters is 1. The van der Waals surface area contributed by atoms with Crippen molar-refractivity contribution in [2.24, 2.45) is 0 Å². The second-order valence-electron chi connectivity index (χ2n) is 7.85. The van der Waals surface area contributed by atoms with Crippen LogP contribution in [0.2, 0.25) is 0 Å². The molecular formula is C27H21N3O6. The average Bonchev–Trinajstić information content (AvgIpc) is 3.62. The number of nitrogens with one attached hydrogen (secondary N) is 1. The molecule has 0 saturated carbocycles. The van der Waals surface area contributed by atoms with Crippen LogP contribution in [0.5, 0.6) is 5.75 Å². The maximum Gasteiger partial charge on any atom is 0.338 e. The van der Waals surface area contributed by atoms with Gasteiger partial charge in [-0.05, 0) is 61.5 Å². The van der Waals surface area contributed by atoms with E-state index < -0.39 is 18.0 Å². The summed E-state index contributed by atoms with van der Waals surface area (Å²) in [5.74, 6) is 0.502. The molecule has 0 aliphatic carbocycles. The summed E-state index contributed by atoms with van der Waals surface area (Å²) in [5, 5.41) is 2.71. The van der Waals surface area contributed by atoms with Gasteiger partial charge >= 0.3 is 5.97 Å². The number of anilines is 1. The van der Waals surface area contributed by atoms with Gasteiger partial charge in [-0.2, -0.15) is 0 Å². The van der Waals surface area contributed by atoms with Gasteiger partial charge in [-0.15, -0.1) is 0 Å². The van der Waals surface area contributed by atoms with E-state index in [0.29, 0.717) is 45.4 Å². The number of rotatable bonds is 7. The second kappa shape index (κ2) is 9.75. The summed E-state index contributed by atoms with van der Waals surface area (Å²) in [5.41, 5.74) is 2.76. The fraction of sp³-hybridized carbons (Fsp3) is 0.111. The number of ether oxygens (including phenoxy) is 2. The molecule has 36 heavy (non-hydrogen) atoms. The molecule has 3 heterocycles. The first kappa shape index (κ1) is 22.9. The number of benzene rings is 2. The molecule has 3 aromatic heterocycles. The lowest BCUT2D eigenvalue weighted by Crippen LogP contribution is -2.30. The predicted octanol–water partition coefficient (Wildman–Crippen LogP) is 5.34. The Hall–Kier alpha value is -4.92. The SMILES string of the molecule is COc1cccc(NC(=O)C(C)OC(=O)c2ccc3nc(-c4ccco4)c(-c4ccco4)nc3c2)c1. The van der Waals surface area contributed by atoms with Crippen molar-refractivity contribution in [2.45, 2.75) is 13.0 Å². The first-order valence-electron chi connectivity index (χ1n) is 11.1. The minimum atomic E-state index is -1.04. The number of fused-ring (bicyclic) bond motifs is 1. The van der Waals surface area contributed by atoms with Crippen molar-refractivity contribution in [1.29, 1.82) is 0 Å². The zero-order valence-corrected chi connectivity index (χ0v) is 19.4. The Labute approximate surface area is 205 Å². The van der Waals surface area contributed by atoms with Crippen molar-refractivity contribution >= 4 is 28.6 Å². The van der Waals surface area contributed by atoms with Gasteiger partial charge in [0.2, 0.25) is 0 Å². The van der Waals surface area contributed by atoms with E-state index in [1.165, 1.54) is 14.0 Å². The average molecular weight is 483 g/mol. The van der Waals surface area contributed by atoms with Gasteiger partial charge in [-0.25, -0.2) is 14.8 Å². The molecule has 1 N–H and O–H groups in total. The minimum Gasteiger partial charge on any atom is -0.497 e. The molecule has 5 rings (SSSR count). The number of nitrogens with zero attached hydrogens (tertiary/aromatic N) is 2. The lowest BCUT2D eigenvalue weighted by molar-refractivity contribution is -0.123. The number of methoxy groups -OCH3 is 1. The highest BCUT2D eigenvalue weighted by Gasteiger charge is 2.21. The van der Waals surface area contributed by atoms with Crippen molar-refractivity contribution in [3.05, 3.63) is 84.8 Å². The number of carbonyl (C=O) groups excluding carboxylic acids is 2. The maximum atomic E-state index is 12.8. The summed E-state index contributed by atoms with van der Waals surface area (Å²) in [6, 6.07) is 18.8. The van der Waals surface area contributed by atoms with Crippen LogP contribution in [0, 0.1) is 0 Å². The normalized spacial score (nSPS) is 11.7. The van der Waals surface area contributed by atoms with Crippen molar-refractivity contribution in [1.82, 2.24) is 9.97 Å². The van der Waals surface area contributed by atoms with Gasteiger partial charge in [0.25, 0.3) is 5.91 Å². The lowest BCUT2D eigenvalue weighted by Gasteiger charge is -2.14. The molecule has 0 radical (unpaired) electrons. The van der Waals surface area contributed by atoms with E-state index in [1.807, 2.05) is 0 Å². The maximum absolute atomic E-state index is 12.8. The molecule has 1 amide bonds. The first-order valence-corrected chi connectivity index (χ1v) is 11.1. The fourth-order valence-electron chi connectivity index (χ4n) is 3.58. The highest BCUT2D eigenvalue weighted by atomic mass is 16.5. The molecule has 180 valence electrons. The second-order valence-corrected chi connectivity index (χ2v) is 7.85. The van der Waals surface area contributed by atoms with Gasteiger partial charge in [0.15, 0.2) is 17.6 Å². The molecule has 0 fully saturated rings. The Balaban J connectivity index is 1.38. The molecule has 1 unspecified atom stereocenters. The van der Waals surface area contributed by atoms with Gasteiger partial charge < -0.3 is 23.6 Å². The van der Waals surface area contributed by atoms with E-state index in [-0.39, 0.29) is 5.56 Å². The molecule has 0 spiro atoms. The van der Waals surface area contributed by atoms with E-state index in [0.717, 1.165) is 0 Å². The molecule has 5 aromatic rings. The van der Waals surface area contributed by atoms with E-state index in [2.05, 4.69) is 15.3 Å². The Morgan fingerprint density at radius 1 is 0.861 bits per heavy atom. The van der Waals surface area contributed by atoms with Gasteiger partial charge in [0.05, 0.1) is 36.2 Å². The zero-order chi connectivity index (χ0) is 25.1. The summed E-state index contributed by atoms with van der Waals surface area (Å²) in [4.78, 5) is 34.7. The Morgan fingerprint density at radius 2 is 1.56 bits per heavy atom. The monoisotopic (exact) mass is 483 g/mol. The quantitative estimate of drug-likeness (QED) is 0.308. The van der Waals surface area contributed by atoms with Gasteiger partial charge in [0.1, 0.15) is 17.1 Å². The standard InChI is InChI=1S/C27H21N3O6/c1-16(26(31)28-18-6-3-7-19(15-18)33-2)36-27(32)17-10-11-20-21(14-17)30-25(23-9-5-13-35-23)24(29-20)22-8-4-12-34-22/h3-16H,1-2H3,(H,28,31). The Kier molecular flexibility index (Phi) is 6.19. The summed E-state index contributed by atoms with van der Waals surface area (Å²) in [6.07, 6.45) is 2.06. The van der Waals surface area contributed by atoms with Crippen molar-refractivity contribution in [3.8, 4) is 28.7 Å². The van der Waals surface area contributed by atoms with Gasteiger partial charge in [0, 0.05) is 11.8 Å². The zero-order valence-electron chi connectivity index (χ0n) is 19.4. The lowest BCUT2D eigenvalue weighted by atomic mass is 10.1. The molecule has 0 saturated heterocycles. The van der Waals surface area contributed by atoms with Crippen LogP contribution >= 0.6 is 0 Å². The van der Waals surface area contributed by atoms with Crippen LogP contribution in [0.15, 0.2) is 88.1 Å². The molecule has 9 heteroatoms. The third-order valence-corrected chi connectivity index (χ3v) is 5.40. The van der Waals surface area contributed by atoms with Gasteiger partial charge in [-0.3, -0.25) is 4.79 Å². The van der Waals surface area contributed by atoms with E-state index in [4.69, 9.17) is 18.3 Å². The number of carbonyl (C=O) groups is 2. The van der Waals surface area contributed by atoms with Crippen molar-refractivity contribution in [2.75, 3.05) is 12.4 Å². The number of hydrogen-bond acceptors (Lipinski definition) is 8. The topological polar surface area (TPSA) is 117 Å².